The molecule has 0 rings (SSSR count). The van der Waals surface area contributed by atoms with Crippen LogP contribution in [0.2, 0.25) is 0 Å². The maximum Gasteiger partial charge on any atom is 0.0383 e. The fourth-order valence-corrected chi connectivity index (χ4v) is 2.28. The smallest absolute Gasteiger partial charge is 0.0383 e. The molecule has 0 aromatic heterocycles. The van der Waals surface area contributed by atoms with Gasteiger partial charge in [0, 0.05) is 34.9 Å². The molecule has 0 fully saturated rings. The molecule has 0 saturated carbocycles. The molecule has 0 aromatic rings. The Morgan fingerprint density at radius 2 is 1.92 bits per heavy atom. The Hall–Kier alpha value is 0.110. The van der Waals surface area contributed by atoms with E-state index >= 15 is 0 Å². The van der Waals surface area contributed by atoms with E-state index < -0.39 is 10.8 Å². The van der Waals surface area contributed by atoms with Crippen LogP contribution >= 0.6 is 0 Å². The van der Waals surface area contributed by atoms with Gasteiger partial charge in [-0.15, -0.1) is 0 Å². The van der Waals surface area contributed by atoms with Gasteiger partial charge >= 0.3 is 0 Å². The number of hydrogen-bond donors (Lipinski definition) is 1. The third-order valence-corrected chi connectivity index (χ3v) is 3.01. The Morgan fingerprint density at radius 1 is 1.31 bits per heavy atom. The molecule has 0 aromatic carbocycles. The molecule has 0 aliphatic heterocycles. The van der Waals surface area contributed by atoms with Crippen molar-refractivity contribution in [1.29, 1.82) is 0 Å². The summed E-state index contributed by atoms with van der Waals surface area (Å²) in [5, 5.41) is 3.45. The molecule has 0 heterocycles. The SMILES string of the molecule is CCCCC(C)NC(C)CS(C)=O. The fraction of sp³-hybridized carbons (Fsp3) is 1.00. The lowest BCUT2D eigenvalue weighted by atomic mass is 10.1. The quantitative estimate of drug-likeness (QED) is 0.688. The number of rotatable bonds is 7. The van der Waals surface area contributed by atoms with Crippen molar-refractivity contribution >= 4 is 10.8 Å². The Bertz CT molecular complexity index is 150. The molecule has 2 nitrogen and oxygen atoms in total. The maximum absolute atomic E-state index is 10.9. The van der Waals surface area contributed by atoms with Gasteiger partial charge in [-0.3, -0.25) is 4.21 Å². The molecular formula is C10H23NOS. The third-order valence-electron chi connectivity index (χ3n) is 2.04. The van der Waals surface area contributed by atoms with Crippen molar-refractivity contribution in [1.82, 2.24) is 5.32 Å². The largest absolute Gasteiger partial charge is 0.311 e. The van der Waals surface area contributed by atoms with Gasteiger partial charge in [0.05, 0.1) is 0 Å². The van der Waals surface area contributed by atoms with Crippen molar-refractivity contribution in [3.63, 3.8) is 0 Å². The summed E-state index contributed by atoms with van der Waals surface area (Å²) >= 11 is 0. The van der Waals surface area contributed by atoms with E-state index in [4.69, 9.17) is 0 Å². The van der Waals surface area contributed by atoms with Crippen molar-refractivity contribution < 1.29 is 4.21 Å². The van der Waals surface area contributed by atoms with Crippen LogP contribution in [0.25, 0.3) is 0 Å². The molecule has 3 heteroatoms. The van der Waals surface area contributed by atoms with E-state index in [-0.39, 0.29) is 0 Å². The van der Waals surface area contributed by atoms with E-state index in [1.54, 1.807) is 6.26 Å². The first-order valence-electron chi connectivity index (χ1n) is 5.12. The summed E-state index contributed by atoms with van der Waals surface area (Å²) in [5.41, 5.74) is 0. The summed E-state index contributed by atoms with van der Waals surface area (Å²) in [7, 11) is -0.680. The third kappa shape index (κ3) is 8.44. The first kappa shape index (κ1) is 13.1. The van der Waals surface area contributed by atoms with Crippen molar-refractivity contribution in [3.05, 3.63) is 0 Å². The lowest BCUT2D eigenvalue weighted by Crippen LogP contribution is -2.37. The van der Waals surface area contributed by atoms with Gasteiger partial charge in [-0.05, 0) is 20.3 Å². The van der Waals surface area contributed by atoms with E-state index in [9.17, 15) is 4.21 Å². The maximum atomic E-state index is 10.9. The molecule has 0 aliphatic carbocycles. The van der Waals surface area contributed by atoms with E-state index in [2.05, 4.69) is 26.1 Å². The van der Waals surface area contributed by atoms with Gasteiger partial charge in [-0.25, -0.2) is 0 Å². The topological polar surface area (TPSA) is 29.1 Å². The Labute approximate surface area is 84.9 Å². The van der Waals surface area contributed by atoms with Crippen molar-refractivity contribution in [2.75, 3.05) is 12.0 Å². The second kappa shape index (κ2) is 7.51. The van der Waals surface area contributed by atoms with Crippen LogP contribution in [-0.4, -0.2) is 28.3 Å². The van der Waals surface area contributed by atoms with Crippen LogP contribution in [0.15, 0.2) is 0 Å². The average molecular weight is 205 g/mol. The number of hydrogen-bond acceptors (Lipinski definition) is 2. The van der Waals surface area contributed by atoms with Crippen LogP contribution in [0.4, 0.5) is 0 Å². The molecule has 0 spiro atoms. The van der Waals surface area contributed by atoms with Crippen LogP contribution in [0.3, 0.4) is 0 Å². The van der Waals surface area contributed by atoms with Gasteiger partial charge in [0.2, 0.25) is 0 Å². The molecule has 0 amide bonds. The number of nitrogens with one attached hydrogen (secondary N) is 1. The minimum absolute atomic E-state index is 0.373. The van der Waals surface area contributed by atoms with Gasteiger partial charge < -0.3 is 5.32 Å². The van der Waals surface area contributed by atoms with E-state index in [0.717, 1.165) is 5.75 Å². The Balaban J connectivity index is 3.52. The molecule has 13 heavy (non-hydrogen) atoms. The zero-order valence-corrected chi connectivity index (χ0v) is 10.1. The van der Waals surface area contributed by atoms with Gasteiger partial charge in [0.25, 0.3) is 0 Å². The Morgan fingerprint density at radius 3 is 2.38 bits per heavy atom. The molecule has 80 valence electrons. The molecule has 0 saturated heterocycles. The second-order valence-electron chi connectivity index (χ2n) is 3.85. The summed E-state index contributed by atoms with van der Waals surface area (Å²) < 4.78 is 10.9. The summed E-state index contributed by atoms with van der Waals surface area (Å²) in [6, 6.07) is 0.927. The zero-order valence-electron chi connectivity index (χ0n) is 9.30. The molecule has 0 aliphatic rings. The minimum Gasteiger partial charge on any atom is -0.311 e. The van der Waals surface area contributed by atoms with E-state index in [1.807, 2.05) is 0 Å². The molecule has 0 bridgehead atoms. The highest BCUT2D eigenvalue weighted by Gasteiger charge is 2.07. The summed E-state index contributed by atoms with van der Waals surface area (Å²) in [5.74, 6) is 0.760. The number of unbranched alkanes of at least 4 members (excludes halogenated alkanes) is 1. The van der Waals surface area contributed by atoms with Gasteiger partial charge in [-0.1, -0.05) is 19.8 Å². The normalized spacial score (nSPS) is 18.2. The highest BCUT2D eigenvalue weighted by atomic mass is 32.2. The van der Waals surface area contributed by atoms with Crippen LogP contribution in [0, 0.1) is 0 Å². The first-order valence-corrected chi connectivity index (χ1v) is 6.85. The van der Waals surface area contributed by atoms with E-state index in [0.29, 0.717) is 12.1 Å². The van der Waals surface area contributed by atoms with Gasteiger partial charge in [-0.2, -0.15) is 0 Å². The van der Waals surface area contributed by atoms with Gasteiger partial charge in [0.1, 0.15) is 0 Å². The van der Waals surface area contributed by atoms with Gasteiger partial charge in [0.15, 0.2) is 0 Å². The van der Waals surface area contributed by atoms with Crippen molar-refractivity contribution in [3.8, 4) is 0 Å². The zero-order chi connectivity index (χ0) is 10.3. The summed E-state index contributed by atoms with van der Waals surface area (Å²) in [6.45, 7) is 6.51. The van der Waals surface area contributed by atoms with Crippen LogP contribution in [0.5, 0.6) is 0 Å². The average Bonchev–Trinajstić information content (AvgIpc) is 1.98. The molecule has 1 N–H and O–H groups in total. The highest BCUT2D eigenvalue weighted by Crippen LogP contribution is 2.00. The van der Waals surface area contributed by atoms with Crippen LogP contribution in [0.1, 0.15) is 40.0 Å². The van der Waals surface area contributed by atoms with Crippen molar-refractivity contribution in [2.45, 2.75) is 52.1 Å². The second-order valence-corrected chi connectivity index (χ2v) is 5.33. The summed E-state index contributed by atoms with van der Waals surface area (Å²) in [6.07, 6.45) is 5.50. The molecular weight excluding hydrogens is 182 g/mol. The van der Waals surface area contributed by atoms with E-state index in [1.165, 1.54) is 19.3 Å². The lowest BCUT2D eigenvalue weighted by Gasteiger charge is -2.18. The standard InChI is InChI=1S/C10H23NOS/c1-5-6-7-9(2)11-10(3)8-13(4)12/h9-11H,5-8H2,1-4H3. The fourth-order valence-electron chi connectivity index (χ4n) is 1.48. The van der Waals surface area contributed by atoms with Crippen LogP contribution < -0.4 is 5.32 Å². The van der Waals surface area contributed by atoms with Crippen molar-refractivity contribution in [2.24, 2.45) is 0 Å². The predicted octanol–water partition coefficient (Wildman–Crippen LogP) is 1.92. The first-order chi connectivity index (χ1) is 6.06. The molecule has 0 radical (unpaired) electrons. The predicted molar refractivity (Wildman–Crippen MR) is 60.5 cm³/mol. The Kier molecular flexibility index (Phi) is 7.57. The highest BCUT2D eigenvalue weighted by molar-refractivity contribution is 7.84. The minimum atomic E-state index is -0.680. The molecule has 3 atom stereocenters. The van der Waals surface area contributed by atoms with Crippen LogP contribution in [-0.2, 0) is 10.8 Å². The monoisotopic (exact) mass is 205 g/mol. The lowest BCUT2D eigenvalue weighted by molar-refractivity contribution is 0.455. The molecule has 3 unspecified atom stereocenters. The summed E-state index contributed by atoms with van der Waals surface area (Å²) in [4.78, 5) is 0.